The van der Waals surface area contributed by atoms with Gasteiger partial charge in [-0.1, -0.05) is 24.6 Å². The summed E-state index contributed by atoms with van der Waals surface area (Å²) in [5.74, 6) is 0.686. The van der Waals surface area contributed by atoms with Gasteiger partial charge in [0.25, 0.3) is 11.8 Å². The van der Waals surface area contributed by atoms with Crippen LogP contribution in [-0.2, 0) is 16.1 Å². The van der Waals surface area contributed by atoms with Gasteiger partial charge in [0.1, 0.15) is 19.0 Å². The van der Waals surface area contributed by atoms with Gasteiger partial charge in [0.15, 0.2) is 0 Å². The minimum Gasteiger partial charge on any atom is -0.492 e. The fourth-order valence-corrected chi connectivity index (χ4v) is 5.20. The van der Waals surface area contributed by atoms with E-state index in [0.29, 0.717) is 31.8 Å². The molecule has 2 aromatic rings. The molecule has 2 amide bonds. The van der Waals surface area contributed by atoms with Crippen molar-refractivity contribution in [2.45, 2.75) is 32.2 Å². The summed E-state index contributed by atoms with van der Waals surface area (Å²) in [4.78, 5) is 34.9. The Morgan fingerprint density at radius 2 is 1.61 bits per heavy atom. The number of rotatable bonds is 7. The van der Waals surface area contributed by atoms with Crippen molar-refractivity contribution >= 4 is 17.5 Å². The van der Waals surface area contributed by atoms with Gasteiger partial charge in [-0.3, -0.25) is 14.5 Å². The number of ether oxygens (including phenoxy) is 2. The first-order valence-corrected chi connectivity index (χ1v) is 13.9. The highest BCUT2D eigenvalue weighted by Crippen LogP contribution is 2.25. The van der Waals surface area contributed by atoms with Crippen LogP contribution in [0.15, 0.2) is 48.5 Å². The maximum atomic E-state index is 13.7. The highest BCUT2D eigenvalue weighted by atomic mass is 16.5. The number of para-hydroxylation sites is 1. The standard InChI is InChI=1S/C30H42N4O4/c1-31-15-8-18-34(29(35)24-37-2)28-10-5-4-9-26(28)23-33(20-19-31)30(36)25-11-13-27(14-12-25)38-22-21-32-16-6-3-7-17-32/h4-5,9-14H,3,6-8,15-24H2,1-2H3. The molecule has 0 saturated carbocycles. The fourth-order valence-electron chi connectivity index (χ4n) is 5.20. The van der Waals surface area contributed by atoms with E-state index in [-0.39, 0.29) is 18.4 Å². The van der Waals surface area contributed by atoms with Crippen LogP contribution in [0.4, 0.5) is 5.69 Å². The summed E-state index contributed by atoms with van der Waals surface area (Å²) >= 11 is 0. The van der Waals surface area contributed by atoms with Crippen molar-refractivity contribution in [2.24, 2.45) is 0 Å². The third-order valence-electron chi connectivity index (χ3n) is 7.40. The Labute approximate surface area is 227 Å². The van der Waals surface area contributed by atoms with Crippen LogP contribution in [0, 0.1) is 0 Å². The average molecular weight is 523 g/mol. The van der Waals surface area contributed by atoms with Crippen molar-refractivity contribution in [1.82, 2.24) is 14.7 Å². The van der Waals surface area contributed by atoms with Crippen LogP contribution < -0.4 is 9.64 Å². The van der Waals surface area contributed by atoms with E-state index in [1.807, 2.05) is 53.4 Å². The molecule has 0 radical (unpaired) electrons. The predicted molar refractivity (Wildman–Crippen MR) is 150 cm³/mol. The van der Waals surface area contributed by atoms with Gasteiger partial charge >= 0.3 is 0 Å². The zero-order chi connectivity index (χ0) is 26.7. The number of anilines is 1. The molecular weight excluding hydrogens is 480 g/mol. The fraction of sp³-hybridized carbons (Fsp3) is 0.533. The number of likely N-dealkylation sites (N-methyl/N-ethyl adjacent to an activating group) is 1. The molecule has 206 valence electrons. The second kappa shape index (κ2) is 14.3. The average Bonchev–Trinajstić information content (AvgIpc) is 2.97. The lowest BCUT2D eigenvalue weighted by atomic mass is 10.1. The molecule has 1 fully saturated rings. The molecule has 2 aliphatic rings. The van der Waals surface area contributed by atoms with E-state index in [1.165, 1.54) is 26.4 Å². The minimum absolute atomic E-state index is 0.0258. The molecule has 0 aliphatic carbocycles. The molecule has 0 bridgehead atoms. The van der Waals surface area contributed by atoms with Gasteiger partial charge in [0.05, 0.1) is 0 Å². The van der Waals surface area contributed by atoms with Crippen molar-refractivity contribution in [3.05, 3.63) is 59.7 Å². The Morgan fingerprint density at radius 3 is 2.37 bits per heavy atom. The molecule has 1 saturated heterocycles. The zero-order valence-corrected chi connectivity index (χ0v) is 22.9. The maximum absolute atomic E-state index is 13.7. The Morgan fingerprint density at radius 1 is 0.842 bits per heavy atom. The number of likely N-dealkylation sites (tertiary alicyclic amines) is 1. The Bertz CT molecular complexity index is 1040. The molecule has 38 heavy (non-hydrogen) atoms. The number of amides is 2. The molecule has 8 nitrogen and oxygen atoms in total. The van der Waals surface area contributed by atoms with E-state index in [4.69, 9.17) is 9.47 Å². The van der Waals surface area contributed by atoms with Crippen LogP contribution in [0.25, 0.3) is 0 Å². The quantitative estimate of drug-likeness (QED) is 0.555. The molecule has 0 unspecified atom stereocenters. The third-order valence-corrected chi connectivity index (χ3v) is 7.40. The molecule has 0 atom stereocenters. The van der Waals surface area contributed by atoms with E-state index < -0.39 is 0 Å². The Balaban J connectivity index is 1.47. The summed E-state index contributed by atoms with van der Waals surface area (Å²) in [6.07, 6.45) is 4.72. The molecule has 8 heteroatoms. The highest BCUT2D eigenvalue weighted by molar-refractivity contribution is 5.96. The van der Waals surface area contributed by atoms with Crippen LogP contribution in [-0.4, -0.2) is 99.7 Å². The van der Waals surface area contributed by atoms with Gasteiger partial charge in [-0.25, -0.2) is 0 Å². The summed E-state index contributed by atoms with van der Waals surface area (Å²) in [6, 6.07) is 15.4. The highest BCUT2D eigenvalue weighted by Gasteiger charge is 2.23. The molecule has 0 spiro atoms. The second-order valence-electron chi connectivity index (χ2n) is 10.3. The number of benzene rings is 2. The maximum Gasteiger partial charge on any atom is 0.254 e. The first-order valence-electron chi connectivity index (χ1n) is 13.9. The van der Waals surface area contributed by atoms with Gasteiger partial charge in [-0.2, -0.15) is 0 Å². The SMILES string of the molecule is COCC(=O)N1CCCN(C)CCN(C(=O)c2ccc(OCCN3CCCCC3)cc2)Cc2ccccc21. The van der Waals surface area contributed by atoms with E-state index in [1.54, 1.807) is 4.90 Å². The van der Waals surface area contributed by atoms with Gasteiger partial charge in [0, 0.05) is 51.1 Å². The van der Waals surface area contributed by atoms with Gasteiger partial charge in [-0.15, -0.1) is 0 Å². The lowest BCUT2D eigenvalue weighted by molar-refractivity contribution is -0.122. The number of carbonyl (C=O) groups is 2. The monoisotopic (exact) mass is 522 g/mol. The van der Waals surface area contributed by atoms with Crippen molar-refractivity contribution in [3.63, 3.8) is 0 Å². The predicted octanol–water partition coefficient (Wildman–Crippen LogP) is 3.51. The number of hydrogen-bond donors (Lipinski definition) is 0. The largest absolute Gasteiger partial charge is 0.492 e. The molecular formula is C30H42N4O4. The molecule has 2 aliphatic heterocycles. The number of nitrogens with zero attached hydrogens (tertiary/aromatic N) is 4. The first kappa shape index (κ1) is 28.1. The normalized spacial score (nSPS) is 17.9. The van der Waals surface area contributed by atoms with Gasteiger partial charge < -0.3 is 24.2 Å². The molecule has 2 heterocycles. The van der Waals surface area contributed by atoms with Crippen LogP contribution in [0.5, 0.6) is 5.75 Å². The smallest absolute Gasteiger partial charge is 0.254 e. The van der Waals surface area contributed by atoms with Crippen molar-refractivity contribution in [3.8, 4) is 5.75 Å². The lowest BCUT2D eigenvalue weighted by Crippen LogP contribution is -2.37. The summed E-state index contributed by atoms with van der Waals surface area (Å²) in [5.41, 5.74) is 2.43. The molecule has 4 rings (SSSR count). The van der Waals surface area contributed by atoms with E-state index in [2.05, 4.69) is 16.8 Å². The van der Waals surface area contributed by atoms with Crippen LogP contribution in [0.3, 0.4) is 0 Å². The third kappa shape index (κ3) is 7.79. The number of methoxy groups -OCH3 is 1. The summed E-state index contributed by atoms with van der Waals surface area (Å²) in [7, 11) is 3.60. The Kier molecular flexibility index (Phi) is 10.6. The van der Waals surface area contributed by atoms with E-state index >= 15 is 0 Å². The summed E-state index contributed by atoms with van der Waals surface area (Å²) in [5, 5.41) is 0. The van der Waals surface area contributed by atoms with E-state index in [9.17, 15) is 9.59 Å². The number of fused-ring (bicyclic) bond motifs is 1. The van der Waals surface area contributed by atoms with Gasteiger partial charge in [-0.05, 0) is 81.8 Å². The summed E-state index contributed by atoms with van der Waals surface area (Å²) in [6.45, 7) is 7.16. The number of piperidine rings is 1. The van der Waals surface area contributed by atoms with Crippen LogP contribution >= 0.6 is 0 Å². The molecule has 0 N–H and O–H groups in total. The Hall–Kier alpha value is -2.94. The summed E-state index contributed by atoms with van der Waals surface area (Å²) < 4.78 is 11.1. The van der Waals surface area contributed by atoms with Crippen molar-refractivity contribution in [1.29, 1.82) is 0 Å². The first-order chi connectivity index (χ1) is 18.5. The van der Waals surface area contributed by atoms with E-state index in [0.717, 1.165) is 56.1 Å². The van der Waals surface area contributed by atoms with Crippen molar-refractivity contribution in [2.75, 3.05) is 78.1 Å². The molecule has 2 aromatic carbocycles. The zero-order valence-electron chi connectivity index (χ0n) is 22.9. The number of carbonyl (C=O) groups excluding carboxylic acids is 2. The molecule has 0 aromatic heterocycles. The second-order valence-corrected chi connectivity index (χ2v) is 10.3. The topological polar surface area (TPSA) is 65.6 Å². The van der Waals surface area contributed by atoms with Crippen molar-refractivity contribution < 1.29 is 19.1 Å². The van der Waals surface area contributed by atoms with Crippen LogP contribution in [0.2, 0.25) is 0 Å². The van der Waals surface area contributed by atoms with Gasteiger partial charge in [0.2, 0.25) is 0 Å². The minimum atomic E-state index is -0.0735. The lowest BCUT2D eigenvalue weighted by Gasteiger charge is -2.28. The number of hydrogen-bond acceptors (Lipinski definition) is 6. The van der Waals surface area contributed by atoms with Crippen LogP contribution in [0.1, 0.15) is 41.6 Å².